The Balaban J connectivity index is 1.53. The summed E-state index contributed by atoms with van der Waals surface area (Å²) in [6.45, 7) is 0. The van der Waals surface area contributed by atoms with Crippen LogP contribution in [0.1, 0.15) is 37.9 Å². The molecule has 7 rings (SSSR count). The third kappa shape index (κ3) is 4.16. The van der Waals surface area contributed by atoms with Gasteiger partial charge in [-0.25, -0.2) is 0 Å². The fourth-order valence-corrected chi connectivity index (χ4v) is 10.4. The number of rotatable bonds is 5. The molecular formula is C37H27Zr. The molecule has 1 unspecified atom stereocenters. The number of hydrogen-bond acceptors (Lipinski definition) is 0. The zero-order valence-corrected chi connectivity index (χ0v) is 23.6. The molecule has 0 bridgehead atoms. The van der Waals surface area contributed by atoms with E-state index in [1.165, 1.54) is 50.1 Å². The molecule has 0 fully saturated rings. The van der Waals surface area contributed by atoms with Crippen molar-refractivity contribution in [1.82, 2.24) is 0 Å². The second-order valence-electron chi connectivity index (χ2n) is 9.91. The second-order valence-corrected chi connectivity index (χ2v) is 13.3. The van der Waals surface area contributed by atoms with Crippen molar-refractivity contribution in [3.63, 3.8) is 0 Å². The third-order valence-electron chi connectivity index (χ3n) is 7.69. The van der Waals surface area contributed by atoms with Crippen LogP contribution in [0, 0.1) is 0 Å². The monoisotopic (exact) mass is 561 g/mol. The first-order valence-corrected chi connectivity index (χ1v) is 16.0. The van der Waals surface area contributed by atoms with E-state index < -0.39 is 22.8 Å². The van der Waals surface area contributed by atoms with Gasteiger partial charge in [-0.1, -0.05) is 0 Å². The van der Waals surface area contributed by atoms with E-state index in [4.69, 9.17) is 0 Å². The van der Waals surface area contributed by atoms with E-state index in [1.54, 1.807) is 8.77 Å². The van der Waals surface area contributed by atoms with E-state index in [0.717, 1.165) is 6.42 Å². The van der Waals surface area contributed by atoms with Gasteiger partial charge >= 0.3 is 237 Å². The van der Waals surface area contributed by atoms with E-state index in [0.29, 0.717) is 3.63 Å². The maximum absolute atomic E-state index is 2.40. The molecule has 0 N–H and O–H groups in total. The molecule has 0 heterocycles. The van der Waals surface area contributed by atoms with Crippen LogP contribution < -0.4 is 0 Å². The average molecular weight is 563 g/mol. The van der Waals surface area contributed by atoms with Crippen molar-refractivity contribution in [2.45, 2.75) is 10.0 Å². The van der Waals surface area contributed by atoms with Crippen molar-refractivity contribution >= 4 is 8.78 Å². The zero-order chi connectivity index (χ0) is 25.3. The first-order valence-electron chi connectivity index (χ1n) is 13.3. The Bertz CT molecular complexity index is 1670. The Labute approximate surface area is 236 Å². The number of hydrogen-bond donors (Lipinski definition) is 0. The molecule has 0 saturated heterocycles. The molecule has 0 amide bonds. The summed E-state index contributed by atoms with van der Waals surface area (Å²) in [5.41, 5.74) is 14.2. The van der Waals surface area contributed by atoms with Crippen LogP contribution in [0.3, 0.4) is 0 Å². The van der Waals surface area contributed by atoms with Gasteiger partial charge in [0, 0.05) is 0 Å². The van der Waals surface area contributed by atoms with Gasteiger partial charge in [-0.05, 0) is 0 Å². The number of benzene rings is 5. The minimum absolute atomic E-state index is 0.445. The summed E-state index contributed by atoms with van der Waals surface area (Å²) in [6.07, 6.45) is 7.86. The van der Waals surface area contributed by atoms with Crippen molar-refractivity contribution in [2.24, 2.45) is 0 Å². The molecule has 1 atom stereocenters. The SMILES string of the molecule is C1=CCC(c2c(-c3ccccc3)ccc3c2[CH]([Zr]=[C](c2ccccc2)c2ccccc2)c2ccccc2-3)=C1. The van der Waals surface area contributed by atoms with Crippen molar-refractivity contribution in [2.75, 3.05) is 0 Å². The van der Waals surface area contributed by atoms with Crippen molar-refractivity contribution in [1.29, 1.82) is 0 Å². The molecule has 0 radical (unpaired) electrons. The van der Waals surface area contributed by atoms with Crippen LogP contribution in [0.15, 0.2) is 146 Å². The standard InChI is InChI=1S/C24H17.C13H10.Zr/c1-2-8-17(9-3-1)21-14-15-22-20-13-7-6-12-19(20)16-23(22)24(21)18-10-4-5-11-18;1-3-7-12(8-4-1)11-13-9-5-2-6-10-13;/h1-10,12-16H,11H2;1-10H;. The Morgan fingerprint density at radius 2 is 1.18 bits per heavy atom. The maximum atomic E-state index is 2.40. The molecule has 2 aliphatic rings. The van der Waals surface area contributed by atoms with Crippen molar-refractivity contribution < 1.29 is 22.8 Å². The van der Waals surface area contributed by atoms with E-state index >= 15 is 0 Å². The van der Waals surface area contributed by atoms with Gasteiger partial charge in [0.1, 0.15) is 0 Å². The Hall–Kier alpha value is -3.67. The third-order valence-corrected chi connectivity index (χ3v) is 12.0. The summed E-state index contributed by atoms with van der Waals surface area (Å²) in [4.78, 5) is 0. The normalized spacial score (nSPS) is 14.9. The van der Waals surface area contributed by atoms with Gasteiger partial charge in [0.15, 0.2) is 0 Å². The van der Waals surface area contributed by atoms with Gasteiger partial charge in [-0.15, -0.1) is 0 Å². The number of fused-ring (bicyclic) bond motifs is 3. The fourth-order valence-electron chi connectivity index (χ4n) is 5.98. The molecular weight excluding hydrogens is 536 g/mol. The molecule has 0 saturated carbocycles. The predicted molar refractivity (Wildman–Crippen MR) is 157 cm³/mol. The molecule has 0 aromatic heterocycles. The van der Waals surface area contributed by atoms with Gasteiger partial charge in [0.25, 0.3) is 0 Å². The molecule has 2 aliphatic carbocycles. The number of allylic oxidation sites excluding steroid dienone is 4. The summed E-state index contributed by atoms with van der Waals surface area (Å²) in [6, 6.07) is 47.1. The van der Waals surface area contributed by atoms with Gasteiger partial charge < -0.3 is 0 Å². The molecule has 5 aromatic rings. The van der Waals surface area contributed by atoms with Crippen LogP contribution in [0.2, 0.25) is 0 Å². The summed E-state index contributed by atoms with van der Waals surface area (Å²) < 4.78 is 2.01. The van der Waals surface area contributed by atoms with Crippen LogP contribution in [0.4, 0.5) is 0 Å². The van der Waals surface area contributed by atoms with Crippen molar-refractivity contribution in [3.8, 4) is 22.3 Å². The van der Waals surface area contributed by atoms with Gasteiger partial charge in [0.2, 0.25) is 0 Å². The molecule has 38 heavy (non-hydrogen) atoms. The van der Waals surface area contributed by atoms with Gasteiger partial charge in [0.05, 0.1) is 0 Å². The topological polar surface area (TPSA) is 0 Å². The average Bonchev–Trinajstić information content (AvgIpc) is 3.64. The summed E-state index contributed by atoms with van der Waals surface area (Å²) in [5, 5.41) is 0. The van der Waals surface area contributed by atoms with Crippen LogP contribution in [-0.4, -0.2) is 3.21 Å². The van der Waals surface area contributed by atoms with E-state index in [9.17, 15) is 0 Å². The minimum atomic E-state index is -1.18. The van der Waals surface area contributed by atoms with Gasteiger partial charge in [-0.3, -0.25) is 0 Å². The van der Waals surface area contributed by atoms with E-state index in [-0.39, 0.29) is 0 Å². The Kier molecular flexibility index (Phi) is 6.32. The molecule has 5 aromatic carbocycles. The first kappa shape index (κ1) is 23.4. The van der Waals surface area contributed by atoms with Crippen LogP contribution in [0.25, 0.3) is 27.8 Å². The quantitative estimate of drug-likeness (QED) is 0.200. The molecule has 0 aliphatic heterocycles. The molecule has 1 heteroatoms. The summed E-state index contributed by atoms with van der Waals surface area (Å²) in [7, 11) is 0. The van der Waals surface area contributed by atoms with Crippen LogP contribution in [0.5, 0.6) is 0 Å². The first-order chi connectivity index (χ1) is 18.9. The van der Waals surface area contributed by atoms with Crippen LogP contribution in [-0.2, 0) is 22.8 Å². The van der Waals surface area contributed by atoms with Gasteiger partial charge in [-0.2, -0.15) is 0 Å². The Morgan fingerprint density at radius 1 is 0.579 bits per heavy atom. The summed E-state index contributed by atoms with van der Waals surface area (Å²) in [5.74, 6) is 0. The zero-order valence-electron chi connectivity index (χ0n) is 21.1. The molecule has 179 valence electrons. The Morgan fingerprint density at radius 3 is 1.84 bits per heavy atom. The van der Waals surface area contributed by atoms with Crippen LogP contribution >= 0.6 is 0 Å². The van der Waals surface area contributed by atoms with E-state index in [1.807, 2.05) is 0 Å². The van der Waals surface area contributed by atoms with Crippen molar-refractivity contribution in [3.05, 3.63) is 173 Å². The van der Waals surface area contributed by atoms with E-state index in [2.05, 4.69) is 146 Å². The molecule has 0 spiro atoms. The summed E-state index contributed by atoms with van der Waals surface area (Å²) >= 11 is -1.18. The molecule has 0 nitrogen and oxygen atoms in total. The second kappa shape index (κ2) is 10.2. The predicted octanol–water partition coefficient (Wildman–Crippen LogP) is 9.12. The fraction of sp³-hybridized carbons (Fsp3) is 0.0541.